The first-order chi connectivity index (χ1) is 15.1. The van der Waals surface area contributed by atoms with Crippen LogP contribution in [0.5, 0.6) is 0 Å². The van der Waals surface area contributed by atoms with Crippen LogP contribution >= 0.6 is 0 Å². The summed E-state index contributed by atoms with van der Waals surface area (Å²) in [6.07, 6.45) is 5.66. The lowest BCUT2D eigenvalue weighted by Crippen LogP contribution is -2.44. The van der Waals surface area contributed by atoms with Crippen LogP contribution in [0, 0.1) is 5.92 Å². The first-order valence-electron chi connectivity index (χ1n) is 11.3. The van der Waals surface area contributed by atoms with E-state index >= 15 is 0 Å². The van der Waals surface area contributed by atoms with Crippen LogP contribution in [0.4, 0.5) is 0 Å². The number of hydrogen-bond donors (Lipinski definition) is 1. The van der Waals surface area contributed by atoms with E-state index in [0.717, 1.165) is 49.2 Å². The van der Waals surface area contributed by atoms with Crippen molar-refractivity contribution in [2.75, 3.05) is 32.9 Å². The summed E-state index contributed by atoms with van der Waals surface area (Å²) in [5.74, 6) is 1.48. The average Bonchev–Trinajstić information content (AvgIpc) is 3.39. The normalized spacial score (nSPS) is 25.9. The number of nitrogens with one attached hydrogen (secondary N) is 1. The van der Waals surface area contributed by atoms with Gasteiger partial charge in [0.2, 0.25) is 5.78 Å². The van der Waals surface area contributed by atoms with E-state index in [1.165, 1.54) is 4.52 Å². The molecule has 1 saturated carbocycles. The van der Waals surface area contributed by atoms with E-state index in [-0.39, 0.29) is 23.5 Å². The fourth-order valence-corrected chi connectivity index (χ4v) is 6.07. The highest BCUT2D eigenvalue weighted by molar-refractivity contribution is 5.71. The SMILES string of the molecule is CCOC(=O)Cn1c2c(c(=O)n3nc(C4=CCOCC4)nc13)C1(CCNCC1)C1CC21. The molecule has 2 aliphatic carbocycles. The van der Waals surface area contributed by atoms with E-state index in [1.54, 1.807) is 6.92 Å². The maximum absolute atomic E-state index is 13.8. The molecule has 9 nitrogen and oxygen atoms in total. The van der Waals surface area contributed by atoms with Gasteiger partial charge in [-0.3, -0.25) is 9.59 Å². The van der Waals surface area contributed by atoms with Gasteiger partial charge in [-0.1, -0.05) is 6.08 Å². The van der Waals surface area contributed by atoms with Gasteiger partial charge in [0.25, 0.3) is 5.56 Å². The molecule has 0 radical (unpaired) electrons. The first-order valence-corrected chi connectivity index (χ1v) is 11.3. The number of fused-ring (bicyclic) bond motifs is 6. The Hall–Kier alpha value is -2.52. The third kappa shape index (κ3) is 2.75. The second kappa shape index (κ2) is 7.00. The highest BCUT2D eigenvalue weighted by Crippen LogP contribution is 2.67. The Bertz CT molecular complexity index is 1160. The monoisotopic (exact) mass is 425 g/mol. The summed E-state index contributed by atoms with van der Waals surface area (Å²) < 4.78 is 14.0. The van der Waals surface area contributed by atoms with Crippen LogP contribution in [0.3, 0.4) is 0 Å². The Kier molecular flexibility index (Phi) is 4.33. The van der Waals surface area contributed by atoms with Gasteiger partial charge in [0.1, 0.15) is 6.54 Å². The molecule has 2 aromatic rings. The smallest absolute Gasteiger partial charge is 0.326 e. The molecule has 1 N–H and O–H groups in total. The zero-order valence-corrected chi connectivity index (χ0v) is 17.7. The van der Waals surface area contributed by atoms with E-state index in [9.17, 15) is 9.59 Å². The molecule has 31 heavy (non-hydrogen) atoms. The highest BCUT2D eigenvalue weighted by atomic mass is 16.5. The number of ether oxygens (including phenoxy) is 2. The Labute approximate surface area is 179 Å². The van der Waals surface area contributed by atoms with Crippen molar-refractivity contribution < 1.29 is 14.3 Å². The minimum Gasteiger partial charge on any atom is -0.465 e. The topological polar surface area (TPSA) is 99.8 Å². The minimum atomic E-state index is -0.312. The molecule has 2 unspecified atom stereocenters. The van der Waals surface area contributed by atoms with Gasteiger partial charge < -0.3 is 19.4 Å². The lowest BCUT2D eigenvalue weighted by molar-refractivity contribution is -0.143. The molecule has 2 atom stereocenters. The van der Waals surface area contributed by atoms with Gasteiger partial charge in [-0.15, -0.1) is 5.10 Å². The van der Waals surface area contributed by atoms with Crippen molar-refractivity contribution in [3.8, 4) is 0 Å². The molecule has 164 valence electrons. The number of carbonyl (C=O) groups is 1. The molecule has 1 saturated heterocycles. The Balaban J connectivity index is 1.58. The van der Waals surface area contributed by atoms with E-state index in [2.05, 4.69) is 10.4 Å². The van der Waals surface area contributed by atoms with Crippen molar-refractivity contribution in [3.63, 3.8) is 0 Å². The van der Waals surface area contributed by atoms with Crippen LogP contribution in [0.1, 0.15) is 55.6 Å². The second-order valence-electron chi connectivity index (χ2n) is 9.01. The number of rotatable bonds is 4. The lowest BCUT2D eigenvalue weighted by atomic mass is 9.72. The van der Waals surface area contributed by atoms with Crippen molar-refractivity contribution in [2.24, 2.45) is 5.92 Å². The number of piperidine rings is 1. The molecule has 0 bridgehead atoms. The predicted molar refractivity (Wildman–Crippen MR) is 112 cm³/mol. The van der Waals surface area contributed by atoms with Crippen molar-refractivity contribution >= 4 is 17.3 Å². The molecule has 4 aliphatic rings. The van der Waals surface area contributed by atoms with E-state index in [1.807, 2.05) is 10.6 Å². The molecule has 6 rings (SSSR count). The number of nitrogens with zero attached hydrogens (tertiary/aromatic N) is 4. The maximum Gasteiger partial charge on any atom is 0.326 e. The summed E-state index contributed by atoms with van der Waals surface area (Å²) in [5, 5.41) is 8.06. The van der Waals surface area contributed by atoms with Gasteiger partial charge in [-0.25, -0.2) is 0 Å². The van der Waals surface area contributed by atoms with Gasteiger partial charge in [0.15, 0.2) is 5.82 Å². The second-order valence-corrected chi connectivity index (χ2v) is 9.01. The lowest BCUT2D eigenvalue weighted by Gasteiger charge is -2.36. The van der Waals surface area contributed by atoms with Crippen LogP contribution in [0.25, 0.3) is 11.4 Å². The van der Waals surface area contributed by atoms with E-state index in [0.29, 0.717) is 49.7 Å². The summed E-state index contributed by atoms with van der Waals surface area (Å²) in [7, 11) is 0. The summed E-state index contributed by atoms with van der Waals surface area (Å²) in [6, 6.07) is 0. The number of esters is 1. The number of carbonyl (C=O) groups excluding carboxylic acids is 1. The molecule has 0 amide bonds. The minimum absolute atomic E-state index is 0.0534. The third-order valence-corrected chi connectivity index (χ3v) is 7.47. The van der Waals surface area contributed by atoms with Crippen molar-refractivity contribution in [3.05, 3.63) is 33.5 Å². The van der Waals surface area contributed by atoms with Crippen LogP contribution < -0.4 is 10.9 Å². The largest absolute Gasteiger partial charge is 0.465 e. The molecular formula is C22H27N5O4. The van der Waals surface area contributed by atoms with Gasteiger partial charge >= 0.3 is 5.97 Å². The summed E-state index contributed by atoms with van der Waals surface area (Å²) >= 11 is 0. The molecule has 2 aliphatic heterocycles. The van der Waals surface area contributed by atoms with E-state index < -0.39 is 0 Å². The Morgan fingerprint density at radius 1 is 1.39 bits per heavy atom. The molecule has 9 heteroatoms. The van der Waals surface area contributed by atoms with E-state index in [4.69, 9.17) is 14.5 Å². The van der Waals surface area contributed by atoms with Crippen molar-refractivity contribution in [1.82, 2.24) is 24.5 Å². The highest BCUT2D eigenvalue weighted by Gasteiger charge is 2.63. The van der Waals surface area contributed by atoms with Crippen LogP contribution in [0.15, 0.2) is 10.9 Å². The fraction of sp³-hybridized carbons (Fsp3) is 0.636. The zero-order valence-electron chi connectivity index (χ0n) is 17.7. The van der Waals surface area contributed by atoms with Crippen LogP contribution in [-0.4, -0.2) is 58.0 Å². The van der Waals surface area contributed by atoms with Crippen LogP contribution in [0.2, 0.25) is 0 Å². The average molecular weight is 425 g/mol. The molecule has 1 spiro atoms. The van der Waals surface area contributed by atoms with Gasteiger partial charge in [-0.2, -0.15) is 9.50 Å². The maximum atomic E-state index is 13.8. The molecular weight excluding hydrogens is 398 g/mol. The number of aromatic nitrogens is 4. The predicted octanol–water partition coefficient (Wildman–Crippen LogP) is 0.996. The fourth-order valence-electron chi connectivity index (χ4n) is 6.07. The summed E-state index contributed by atoms with van der Waals surface area (Å²) in [5.41, 5.74) is 2.67. The van der Waals surface area contributed by atoms with Crippen molar-refractivity contribution in [2.45, 2.75) is 50.5 Å². The standard InChI is InChI=1S/C22H27N5O4/c1-2-31-16(28)12-26-18-14-11-15(14)22(5-7-23-8-6-22)17(18)20(29)27-21(26)24-19(25-27)13-3-9-30-10-4-13/h3,14-15,23H,2,4-12H2,1H3. The summed E-state index contributed by atoms with van der Waals surface area (Å²) in [6.45, 7) is 5.14. The van der Waals surface area contributed by atoms with Crippen molar-refractivity contribution in [1.29, 1.82) is 0 Å². The third-order valence-electron chi connectivity index (χ3n) is 7.47. The quantitative estimate of drug-likeness (QED) is 0.730. The first kappa shape index (κ1) is 19.2. The summed E-state index contributed by atoms with van der Waals surface area (Å²) in [4.78, 5) is 31.1. The number of hydrogen-bond acceptors (Lipinski definition) is 7. The van der Waals surface area contributed by atoms with Gasteiger partial charge in [0, 0.05) is 22.6 Å². The van der Waals surface area contributed by atoms with Crippen LogP contribution in [-0.2, 0) is 26.2 Å². The molecule has 2 aromatic heterocycles. The molecule has 0 aromatic carbocycles. The van der Waals surface area contributed by atoms with Gasteiger partial charge in [0.05, 0.1) is 19.8 Å². The Morgan fingerprint density at radius 3 is 2.97 bits per heavy atom. The zero-order chi connectivity index (χ0) is 21.2. The molecule has 2 fully saturated rings. The molecule has 4 heterocycles. The Morgan fingerprint density at radius 2 is 2.23 bits per heavy atom. The van der Waals surface area contributed by atoms with Gasteiger partial charge in [-0.05, 0) is 57.2 Å².